The summed E-state index contributed by atoms with van der Waals surface area (Å²) in [5.74, 6) is 0.362. The molecule has 2 heteroatoms. The lowest BCUT2D eigenvalue weighted by atomic mass is 9.69. The zero-order valence-corrected chi connectivity index (χ0v) is 13.0. The van der Waals surface area contributed by atoms with Crippen LogP contribution < -0.4 is 5.32 Å². The van der Waals surface area contributed by atoms with Gasteiger partial charge in [-0.25, -0.2) is 0 Å². The maximum absolute atomic E-state index is 9.21. The average molecular weight is 285 g/mol. The molecule has 0 aromatic heterocycles. The Bertz CT molecular complexity index is 474. The summed E-state index contributed by atoms with van der Waals surface area (Å²) in [7, 11) is 0. The Morgan fingerprint density at radius 3 is 2.48 bits per heavy atom. The normalized spacial score (nSPS) is 36.0. The van der Waals surface area contributed by atoms with Crippen LogP contribution in [0.5, 0.6) is 0 Å². The van der Waals surface area contributed by atoms with Crippen molar-refractivity contribution in [2.75, 3.05) is 6.61 Å². The summed E-state index contributed by atoms with van der Waals surface area (Å²) in [5.41, 5.74) is 1.84. The van der Waals surface area contributed by atoms with Crippen LogP contribution in [0.4, 0.5) is 0 Å². The maximum Gasteiger partial charge on any atom is 0.0494 e. The van der Waals surface area contributed by atoms with Gasteiger partial charge in [0, 0.05) is 24.6 Å². The third-order valence-electron chi connectivity index (χ3n) is 5.42. The van der Waals surface area contributed by atoms with E-state index in [2.05, 4.69) is 54.7 Å². The van der Waals surface area contributed by atoms with Crippen LogP contribution in [0.2, 0.25) is 0 Å². The number of aliphatic hydroxyl groups is 1. The summed E-state index contributed by atoms with van der Waals surface area (Å²) in [6.45, 7) is 2.70. The minimum atomic E-state index is 0.283. The predicted molar refractivity (Wildman–Crippen MR) is 87.3 cm³/mol. The highest BCUT2D eigenvalue weighted by Crippen LogP contribution is 2.39. The van der Waals surface area contributed by atoms with Crippen molar-refractivity contribution in [3.63, 3.8) is 0 Å². The van der Waals surface area contributed by atoms with E-state index in [1.165, 1.54) is 31.2 Å². The van der Waals surface area contributed by atoms with Crippen molar-refractivity contribution in [3.8, 4) is 0 Å². The van der Waals surface area contributed by atoms with Crippen LogP contribution in [0.1, 0.15) is 44.6 Å². The van der Waals surface area contributed by atoms with Gasteiger partial charge in [0.1, 0.15) is 0 Å². The largest absolute Gasteiger partial charge is 0.396 e. The molecule has 0 amide bonds. The molecule has 3 rings (SSSR count). The fourth-order valence-corrected chi connectivity index (χ4v) is 3.89. The van der Waals surface area contributed by atoms with E-state index in [0.717, 1.165) is 6.42 Å². The van der Waals surface area contributed by atoms with Crippen LogP contribution in [0.15, 0.2) is 42.5 Å². The molecule has 0 heterocycles. The van der Waals surface area contributed by atoms with Gasteiger partial charge in [-0.1, -0.05) is 49.4 Å². The molecule has 0 unspecified atom stereocenters. The highest BCUT2D eigenvalue weighted by atomic mass is 16.3. The Morgan fingerprint density at radius 2 is 1.86 bits per heavy atom. The molecule has 2 atom stereocenters. The third kappa shape index (κ3) is 3.38. The van der Waals surface area contributed by atoms with Crippen molar-refractivity contribution < 1.29 is 5.11 Å². The fraction of sp³-hybridized carbons (Fsp3) is 0.579. The number of aliphatic hydroxyl groups excluding tert-OH is 1. The van der Waals surface area contributed by atoms with Gasteiger partial charge in [0.2, 0.25) is 0 Å². The molecule has 1 saturated carbocycles. The maximum atomic E-state index is 9.21. The third-order valence-corrected chi connectivity index (χ3v) is 5.42. The van der Waals surface area contributed by atoms with Gasteiger partial charge in [-0.3, -0.25) is 0 Å². The standard InChI is InChI=1S/C19H27NO/c1-19(16-5-3-2-4-6-16)11-9-17(10-12-19)20-18-8-7-15(13-18)14-21/h2-8,15,17-18,20-21H,9-14H2,1H3/t15-,17?,18+,19?/m0/s1. The van der Waals surface area contributed by atoms with Gasteiger partial charge in [0.15, 0.2) is 0 Å². The molecule has 2 aliphatic rings. The Labute approximate surface area is 128 Å². The summed E-state index contributed by atoms with van der Waals surface area (Å²) in [4.78, 5) is 0. The van der Waals surface area contributed by atoms with Gasteiger partial charge in [0.25, 0.3) is 0 Å². The molecule has 21 heavy (non-hydrogen) atoms. The second-order valence-corrected chi connectivity index (χ2v) is 7.04. The van der Waals surface area contributed by atoms with Gasteiger partial charge in [0.05, 0.1) is 0 Å². The molecule has 114 valence electrons. The average Bonchev–Trinajstić information content (AvgIpc) is 2.98. The highest BCUT2D eigenvalue weighted by molar-refractivity contribution is 5.25. The molecule has 0 bridgehead atoms. The molecule has 0 radical (unpaired) electrons. The van der Waals surface area contributed by atoms with Crippen molar-refractivity contribution in [2.45, 2.75) is 56.5 Å². The number of hydrogen-bond acceptors (Lipinski definition) is 2. The van der Waals surface area contributed by atoms with E-state index in [4.69, 9.17) is 0 Å². The van der Waals surface area contributed by atoms with Gasteiger partial charge >= 0.3 is 0 Å². The molecule has 1 aromatic carbocycles. The van der Waals surface area contributed by atoms with Gasteiger partial charge in [-0.15, -0.1) is 0 Å². The monoisotopic (exact) mass is 285 g/mol. The topological polar surface area (TPSA) is 32.3 Å². The molecule has 1 fully saturated rings. The summed E-state index contributed by atoms with van der Waals surface area (Å²) >= 11 is 0. The van der Waals surface area contributed by atoms with E-state index in [0.29, 0.717) is 23.4 Å². The van der Waals surface area contributed by atoms with E-state index >= 15 is 0 Å². The molecule has 1 aromatic rings. The lowest BCUT2D eigenvalue weighted by Gasteiger charge is -2.39. The minimum Gasteiger partial charge on any atom is -0.396 e. The van der Waals surface area contributed by atoms with Crippen LogP contribution in [-0.4, -0.2) is 23.8 Å². The number of hydrogen-bond donors (Lipinski definition) is 2. The first kappa shape index (κ1) is 14.8. The van der Waals surface area contributed by atoms with Crippen molar-refractivity contribution in [1.29, 1.82) is 0 Å². The van der Waals surface area contributed by atoms with Gasteiger partial charge in [-0.05, 0) is 43.1 Å². The van der Waals surface area contributed by atoms with E-state index in [9.17, 15) is 5.11 Å². The molecule has 2 N–H and O–H groups in total. The van der Waals surface area contributed by atoms with E-state index < -0.39 is 0 Å². The van der Waals surface area contributed by atoms with Crippen molar-refractivity contribution >= 4 is 0 Å². The Hall–Kier alpha value is -1.12. The predicted octanol–water partition coefficient (Wildman–Crippen LogP) is 3.41. The number of benzene rings is 1. The molecule has 2 aliphatic carbocycles. The summed E-state index contributed by atoms with van der Waals surface area (Å²) in [6, 6.07) is 12.1. The second kappa shape index (κ2) is 6.33. The number of nitrogens with one attached hydrogen (secondary N) is 1. The van der Waals surface area contributed by atoms with Gasteiger partial charge < -0.3 is 10.4 Å². The first-order valence-corrected chi connectivity index (χ1v) is 8.30. The first-order chi connectivity index (χ1) is 10.2. The lowest BCUT2D eigenvalue weighted by Crippen LogP contribution is -2.42. The van der Waals surface area contributed by atoms with Crippen LogP contribution in [0, 0.1) is 5.92 Å². The van der Waals surface area contributed by atoms with E-state index in [1.54, 1.807) is 0 Å². The lowest BCUT2D eigenvalue weighted by molar-refractivity contribution is 0.231. The van der Waals surface area contributed by atoms with E-state index in [1.807, 2.05) is 0 Å². The van der Waals surface area contributed by atoms with Crippen molar-refractivity contribution in [3.05, 3.63) is 48.0 Å². The van der Waals surface area contributed by atoms with Gasteiger partial charge in [-0.2, -0.15) is 0 Å². The molecule has 2 nitrogen and oxygen atoms in total. The van der Waals surface area contributed by atoms with Crippen LogP contribution >= 0.6 is 0 Å². The minimum absolute atomic E-state index is 0.283. The Morgan fingerprint density at radius 1 is 1.14 bits per heavy atom. The number of rotatable bonds is 4. The summed E-state index contributed by atoms with van der Waals surface area (Å²) in [6.07, 6.45) is 10.5. The molecular weight excluding hydrogens is 258 g/mol. The zero-order valence-electron chi connectivity index (χ0n) is 13.0. The first-order valence-electron chi connectivity index (χ1n) is 8.30. The Balaban J connectivity index is 1.53. The van der Waals surface area contributed by atoms with Crippen molar-refractivity contribution in [2.24, 2.45) is 5.92 Å². The van der Waals surface area contributed by atoms with Crippen molar-refractivity contribution in [1.82, 2.24) is 5.32 Å². The quantitative estimate of drug-likeness (QED) is 0.831. The molecule has 0 spiro atoms. The second-order valence-electron chi connectivity index (χ2n) is 7.04. The fourth-order valence-electron chi connectivity index (χ4n) is 3.89. The summed E-state index contributed by atoms with van der Waals surface area (Å²) in [5, 5.41) is 13.0. The molecule has 0 saturated heterocycles. The zero-order chi connectivity index (χ0) is 14.7. The molecular formula is C19H27NO. The SMILES string of the molecule is CC1(c2ccccc2)CCC(N[C@@H]2C=C[C@H](CO)C2)CC1. The van der Waals surface area contributed by atoms with Crippen LogP contribution in [-0.2, 0) is 5.41 Å². The molecule has 0 aliphatic heterocycles. The smallest absolute Gasteiger partial charge is 0.0494 e. The highest BCUT2D eigenvalue weighted by Gasteiger charge is 2.33. The van der Waals surface area contributed by atoms with Crippen LogP contribution in [0.3, 0.4) is 0 Å². The van der Waals surface area contributed by atoms with Crippen LogP contribution in [0.25, 0.3) is 0 Å². The Kier molecular flexibility index (Phi) is 4.46. The van der Waals surface area contributed by atoms with E-state index in [-0.39, 0.29) is 6.61 Å². The summed E-state index contributed by atoms with van der Waals surface area (Å²) < 4.78 is 0.